The minimum atomic E-state index is 0.295. The molecule has 0 heterocycles. The van der Waals surface area contributed by atoms with Gasteiger partial charge in [0.05, 0.1) is 18.3 Å². The van der Waals surface area contributed by atoms with E-state index in [1.807, 2.05) is 6.07 Å². The van der Waals surface area contributed by atoms with Crippen LogP contribution in [-0.4, -0.2) is 6.10 Å². The summed E-state index contributed by atoms with van der Waals surface area (Å²) in [4.78, 5) is 0. The third kappa shape index (κ3) is 3.49. The maximum absolute atomic E-state index is 6.09. The summed E-state index contributed by atoms with van der Waals surface area (Å²) in [5.41, 5.74) is 4.59. The average Bonchev–Trinajstić information content (AvgIpc) is 3.09. The van der Waals surface area contributed by atoms with Crippen molar-refractivity contribution in [3.8, 4) is 5.75 Å². The smallest absolute Gasteiger partial charge is 0.120 e. The highest BCUT2D eigenvalue weighted by molar-refractivity contribution is 7.92. The second-order valence-electron chi connectivity index (χ2n) is 9.35. The van der Waals surface area contributed by atoms with Gasteiger partial charge in [0.2, 0.25) is 0 Å². The first-order valence-electron chi connectivity index (χ1n) is 11.0. The Balaban J connectivity index is 1.32. The second kappa shape index (κ2) is 7.98. The molecule has 5 atom stereocenters. The van der Waals surface area contributed by atoms with Gasteiger partial charge in [-0.15, -0.1) is 0 Å². The van der Waals surface area contributed by atoms with Gasteiger partial charge in [0.25, 0.3) is 0 Å². The number of fused-ring (bicyclic) bond motifs is 5. The van der Waals surface area contributed by atoms with Crippen molar-refractivity contribution in [1.82, 2.24) is 0 Å². The van der Waals surface area contributed by atoms with Crippen LogP contribution in [0.2, 0.25) is 0 Å². The average molecular weight is 410 g/mol. The lowest BCUT2D eigenvalue weighted by molar-refractivity contribution is -0.00287. The third-order valence-electron chi connectivity index (χ3n) is 8.03. The Morgan fingerprint density at radius 1 is 1.07 bits per heavy atom. The van der Waals surface area contributed by atoms with Crippen LogP contribution in [0.4, 0.5) is 0 Å². The molecule has 2 N–H and O–H groups in total. The SMILES string of the molecule is CC12CCC3c4ccc(OCc5ccccc5)cc4CCC3C1CC[C@H]2OSN. The van der Waals surface area contributed by atoms with E-state index in [4.69, 9.17) is 14.1 Å². The maximum Gasteiger partial charge on any atom is 0.120 e. The van der Waals surface area contributed by atoms with Crippen LogP contribution in [-0.2, 0) is 17.2 Å². The molecule has 29 heavy (non-hydrogen) atoms. The molecule has 4 unspecified atom stereocenters. The van der Waals surface area contributed by atoms with Crippen LogP contribution >= 0.6 is 12.2 Å². The van der Waals surface area contributed by atoms with E-state index in [1.54, 1.807) is 5.56 Å². The number of nitrogens with two attached hydrogens (primary N) is 1. The van der Waals surface area contributed by atoms with Gasteiger partial charge >= 0.3 is 0 Å². The van der Waals surface area contributed by atoms with Crippen molar-refractivity contribution in [1.29, 1.82) is 0 Å². The Morgan fingerprint density at radius 3 is 2.76 bits per heavy atom. The Labute approximate surface area is 178 Å². The van der Waals surface area contributed by atoms with Crippen LogP contribution in [0.15, 0.2) is 48.5 Å². The van der Waals surface area contributed by atoms with Crippen molar-refractivity contribution < 1.29 is 8.92 Å². The molecule has 3 nitrogen and oxygen atoms in total. The number of aryl methyl sites for hydroxylation is 1. The van der Waals surface area contributed by atoms with Crippen LogP contribution in [0.3, 0.4) is 0 Å². The third-order valence-corrected chi connectivity index (χ3v) is 8.37. The molecule has 0 aromatic heterocycles. The Kier molecular flexibility index (Phi) is 5.35. The van der Waals surface area contributed by atoms with Crippen LogP contribution in [0.1, 0.15) is 61.6 Å². The fraction of sp³-hybridized carbons (Fsp3) is 0.520. The molecule has 2 aromatic carbocycles. The molecule has 4 heteroatoms. The molecule has 2 aromatic rings. The van der Waals surface area contributed by atoms with Crippen molar-refractivity contribution in [3.05, 3.63) is 65.2 Å². The Morgan fingerprint density at radius 2 is 1.93 bits per heavy atom. The standard InChI is InChI=1S/C25H31NO2S/c1-25-14-13-21-20-10-8-19(27-16-17-5-3-2-4-6-17)15-18(20)7-9-22(21)23(25)11-12-24(25)28-29-26/h2-6,8,10,15,21-24H,7,9,11-14,16,26H2,1H3/t21?,22?,23?,24-,25?/m1/s1. The minimum absolute atomic E-state index is 0.295. The molecule has 0 amide bonds. The number of ether oxygens (including phenoxy) is 1. The van der Waals surface area contributed by atoms with E-state index < -0.39 is 0 Å². The first-order chi connectivity index (χ1) is 14.2. The number of benzene rings is 2. The predicted molar refractivity (Wildman–Crippen MR) is 118 cm³/mol. The lowest BCUT2D eigenvalue weighted by Gasteiger charge is -2.50. The summed E-state index contributed by atoms with van der Waals surface area (Å²) in [6.45, 7) is 3.09. The molecule has 3 aliphatic rings. The molecule has 3 aliphatic carbocycles. The van der Waals surface area contributed by atoms with Gasteiger partial charge in [-0.1, -0.05) is 43.3 Å². The quantitative estimate of drug-likeness (QED) is 0.484. The van der Waals surface area contributed by atoms with E-state index in [0.29, 0.717) is 24.0 Å². The van der Waals surface area contributed by atoms with Gasteiger partial charge < -0.3 is 4.74 Å². The van der Waals surface area contributed by atoms with Gasteiger partial charge in [-0.05, 0) is 90.5 Å². The lowest BCUT2D eigenvalue weighted by Crippen LogP contribution is -2.44. The van der Waals surface area contributed by atoms with E-state index in [1.165, 1.54) is 43.2 Å². The zero-order valence-electron chi connectivity index (χ0n) is 17.2. The minimum Gasteiger partial charge on any atom is -0.489 e. The maximum atomic E-state index is 6.09. The molecule has 0 radical (unpaired) electrons. The molecule has 0 spiro atoms. The van der Waals surface area contributed by atoms with E-state index in [0.717, 1.165) is 36.2 Å². The van der Waals surface area contributed by atoms with Gasteiger partial charge in [-0.3, -0.25) is 9.32 Å². The summed E-state index contributed by atoms with van der Waals surface area (Å²) in [6, 6.07) is 17.2. The van der Waals surface area contributed by atoms with E-state index >= 15 is 0 Å². The van der Waals surface area contributed by atoms with Gasteiger partial charge in [0, 0.05) is 0 Å². The van der Waals surface area contributed by atoms with Crippen LogP contribution < -0.4 is 9.88 Å². The summed E-state index contributed by atoms with van der Waals surface area (Å²) in [5, 5.41) is 5.64. The Bertz CT molecular complexity index is 857. The molecular formula is C25H31NO2S. The highest BCUT2D eigenvalue weighted by atomic mass is 32.2. The molecule has 5 rings (SSSR count). The number of hydrogen-bond acceptors (Lipinski definition) is 4. The van der Waals surface area contributed by atoms with E-state index in [2.05, 4.69) is 49.4 Å². The summed E-state index contributed by atoms with van der Waals surface area (Å²) in [7, 11) is 0. The summed E-state index contributed by atoms with van der Waals surface area (Å²) in [6.07, 6.45) is 7.74. The fourth-order valence-electron chi connectivity index (χ4n) is 6.57. The highest BCUT2D eigenvalue weighted by Gasteiger charge is 2.55. The normalized spacial score (nSPS) is 32.9. The zero-order valence-corrected chi connectivity index (χ0v) is 18.0. The summed E-state index contributed by atoms with van der Waals surface area (Å²) >= 11 is 1.06. The van der Waals surface area contributed by atoms with Crippen molar-refractivity contribution >= 4 is 12.2 Å². The lowest BCUT2D eigenvalue weighted by atomic mass is 9.55. The molecule has 2 fully saturated rings. The monoisotopic (exact) mass is 409 g/mol. The molecule has 154 valence electrons. The summed E-state index contributed by atoms with van der Waals surface area (Å²) < 4.78 is 12.0. The molecule has 2 saturated carbocycles. The van der Waals surface area contributed by atoms with Crippen LogP contribution in [0.25, 0.3) is 0 Å². The van der Waals surface area contributed by atoms with Gasteiger partial charge in [0.1, 0.15) is 12.4 Å². The predicted octanol–water partition coefficient (Wildman–Crippen LogP) is 6.03. The molecule has 0 saturated heterocycles. The van der Waals surface area contributed by atoms with Crippen LogP contribution in [0, 0.1) is 17.3 Å². The number of hydrogen-bond donors (Lipinski definition) is 1. The van der Waals surface area contributed by atoms with Crippen molar-refractivity contribution in [2.75, 3.05) is 0 Å². The van der Waals surface area contributed by atoms with E-state index in [-0.39, 0.29) is 0 Å². The second-order valence-corrected chi connectivity index (χ2v) is 9.74. The van der Waals surface area contributed by atoms with Crippen molar-refractivity contribution in [2.45, 2.75) is 64.1 Å². The summed E-state index contributed by atoms with van der Waals surface area (Å²) in [5.74, 6) is 3.25. The molecule has 0 aliphatic heterocycles. The van der Waals surface area contributed by atoms with Crippen molar-refractivity contribution in [3.63, 3.8) is 0 Å². The first kappa shape index (κ1) is 19.5. The molecular weight excluding hydrogens is 378 g/mol. The first-order valence-corrected chi connectivity index (χ1v) is 11.8. The fourth-order valence-corrected chi connectivity index (χ4v) is 7.02. The zero-order chi connectivity index (χ0) is 19.8. The van der Waals surface area contributed by atoms with Gasteiger partial charge in [-0.25, -0.2) is 0 Å². The van der Waals surface area contributed by atoms with Gasteiger partial charge in [-0.2, -0.15) is 0 Å². The Hall–Kier alpha value is -1.49. The highest BCUT2D eigenvalue weighted by Crippen LogP contribution is 2.61. The van der Waals surface area contributed by atoms with Crippen LogP contribution in [0.5, 0.6) is 5.75 Å². The van der Waals surface area contributed by atoms with Gasteiger partial charge in [0.15, 0.2) is 0 Å². The van der Waals surface area contributed by atoms with Crippen molar-refractivity contribution in [2.24, 2.45) is 22.4 Å². The molecule has 0 bridgehead atoms. The topological polar surface area (TPSA) is 44.5 Å². The number of rotatable bonds is 5. The largest absolute Gasteiger partial charge is 0.489 e. The van der Waals surface area contributed by atoms with E-state index in [9.17, 15) is 0 Å².